The van der Waals surface area contributed by atoms with E-state index in [9.17, 15) is 4.79 Å². The van der Waals surface area contributed by atoms with Crippen molar-refractivity contribution in [1.82, 2.24) is 9.88 Å². The zero-order chi connectivity index (χ0) is 16.2. The maximum Gasteiger partial charge on any atom is 0.260 e. The highest BCUT2D eigenvalue weighted by Gasteiger charge is 2.22. The number of amides is 1. The number of rotatable bonds is 4. The van der Waals surface area contributed by atoms with Crippen molar-refractivity contribution in [2.45, 2.75) is 0 Å². The molecule has 23 heavy (non-hydrogen) atoms. The highest BCUT2D eigenvalue weighted by atomic mass is 79.9. The molecule has 0 radical (unpaired) electrons. The summed E-state index contributed by atoms with van der Waals surface area (Å²) >= 11 is 11.0. The SMILES string of the molecule is O=C(COc1ccc(Br)cc1Cl)N1CCN(c2nccs2)CC1. The number of ether oxygens (including phenoxy) is 1. The van der Waals surface area contributed by atoms with E-state index in [4.69, 9.17) is 16.3 Å². The van der Waals surface area contributed by atoms with E-state index >= 15 is 0 Å². The number of hydrogen-bond donors (Lipinski definition) is 0. The zero-order valence-corrected chi connectivity index (χ0v) is 15.4. The number of aromatic nitrogens is 1. The van der Waals surface area contributed by atoms with Crippen LogP contribution >= 0.6 is 38.9 Å². The second-order valence-electron chi connectivity index (χ2n) is 5.05. The maximum absolute atomic E-state index is 12.3. The van der Waals surface area contributed by atoms with Crippen LogP contribution in [0.5, 0.6) is 5.75 Å². The predicted octanol–water partition coefficient (Wildman–Crippen LogP) is 3.29. The minimum atomic E-state index is -0.0252. The number of carbonyl (C=O) groups excluding carboxylic acids is 1. The van der Waals surface area contributed by atoms with Gasteiger partial charge in [0.1, 0.15) is 5.75 Å². The van der Waals surface area contributed by atoms with Crippen LogP contribution in [0, 0.1) is 0 Å². The Balaban J connectivity index is 1.50. The molecule has 1 aliphatic heterocycles. The van der Waals surface area contributed by atoms with Crippen molar-refractivity contribution in [2.75, 3.05) is 37.7 Å². The van der Waals surface area contributed by atoms with Crippen molar-refractivity contribution in [3.63, 3.8) is 0 Å². The van der Waals surface area contributed by atoms with Crippen LogP contribution in [-0.2, 0) is 4.79 Å². The fourth-order valence-electron chi connectivity index (χ4n) is 2.34. The fraction of sp³-hybridized carbons (Fsp3) is 0.333. The Kier molecular flexibility index (Phi) is 5.40. The molecule has 1 amide bonds. The van der Waals surface area contributed by atoms with Gasteiger partial charge >= 0.3 is 0 Å². The van der Waals surface area contributed by atoms with Crippen molar-refractivity contribution in [1.29, 1.82) is 0 Å². The van der Waals surface area contributed by atoms with Crippen molar-refractivity contribution >= 4 is 49.9 Å². The first kappa shape index (κ1) is 16.5. The monoisotopic (exact) mass is 415 g/mol. The van der Waals surface area contributed by atoms with Crippen molar-refractivity contribution in [2.24, 2.45) is 0 Å². The Morgan fingerprint density at radius 1 is 1.35 bits per heavy atom. The molecule has 1 aromatic carbocycles. The smallest absolute Gasteiger partial charge is 0.260 e. The van der Waals surface area contributed by atoms with E-state index in [0.717, 1.165) is 22.7 Å². The van der Waals surface area contributed by atoms with Gasteiger partial charge < -0.3 is 14.5 Å². The van der Waals surface area contributed by atoms with Crippen molar-refractivity contribution in [3.8, 4) is 5.75 Å². The van der Waals surface area contributed by atoms with Crippen LogP contribution in [0.3, 0.4) is 0 Å². The molecule has 0 atom stereocenters. The summed E-state index contributed by atoms with van der Waals surface area (Å²) in [6.07, 6.45) is 1.80. The lowest BCUT2D eigenvalue weighted by atomic mass is 10.3. The van der Waals surface area contributed by atoms with Crippen molar-refractivity contribution in [3.05, 3.63) is 39.3 Å². The zero-order valence-electron chi connectivity index (χ0n) is 12.2. The molecule has 1 saturated heterocycles. The molecule has 2 heterocycles. The van der Waals surface area contributed by atoms with E-state index in [1.807, 2.05) is 16.3 Å². The van der Waals surface area contributed by atoms with E-state index in [1.54, 1.807) is 29.7 Å². The van der Waals surface area contributed by atoms with Gasteiger partial charge in [-0.2, -0.15) is 0 Å². The Morgan fingerprint density at radius 3 is 2.78 bits per heavy atom. The minimum Gasteiger partial charge on any atom is -0.482 e. The molecular formula is C15H15BrClN3O2S. The predicted molar refractivity (Wildman–Crippen MR) is 95.6 cm³/mol. The van der Waals surface area contributed by atoms with E-state index in [-0.39, 0.29) is 12.5 Å². The van der Waals surface area contributed by atoms with Crippen LogP contribution in [-0.4, -0.2) is 48.6 Å². The fourth-order valence-corrected chi connectivity index (χ4v) is 3.77. The molecule has 0 bridgehead atoms. The van der Waals surface area contributed by atoms with Gasteiger partial charge in [0.15, 0.2) is 11.7 Å². The summed E-state index contributed by atoms with van der Waals surface area (Å²) in [6.45, 7) is 2.93. The number of piperazine rings is 1. The van der Waals surface area contributed by atoms with E-state index < -0.39 is 0 Å². The molecule has 0 spiro atoms. The van der Waals surface area contributed by atoms with Gasteiger partial charge in [-0.15, -0.1) is 11.3 Å². The Morgan fingerprint density at radius 2 is 2.13 bits per heavy atom. The quantitative estimate of drug-likeness (QED) is 0.767. The summed E-state index contributed by atoms with van der Waals surface area (Å²) in [4.78, 5) is 20.6. The molecule has 1 aliphatic rings. The molecule has 8 heteroatoms. The molecule has 0 unspecified atom stereocenters. The Bertz CT molecular complexity index is 675. The van der Waals surface area contributed by atoms with Gasteiger partial charge in [-0.3, -0.25) is 4.79 Å². The lowest BCUT2D eigenvalue weighted by Crippen LogP contribution is -2.50. The van der Waals surface area contributed by atoms with Crippen LogP contribution in [0.15, 0.2) is 34.2 Å². The first-order valence-electron chi connectivity index (χ1n) is 7.13. The third-order valence-corrected chi connectivity index (χ3v) is 5.19. The molecule has 122 valence electrons. The molecular weight excluding hydrogens is 402 g/mol. The maximum atomic E-state index is 12.3. The lowest BCUT2D eigenvalue weighted by molar-refractivity contribution is -0.133. The summed E-state index contributed by atoms with van der Waals surface area (Å²) in [5.74, 6) is 0.493. The summed E-state index contributed by atoms with van der Waals surface area (Å²) in [5, 5.41) is 3.46. The van der Waals surface area contributed by atoms with Crippen molar-refractivity contribution < 1.29 is 9.53 Å². The lowest BCUT2D eigenvalue weighted by Gasteiger charge is -2.34. The second-order valence-corrected chi connectivity index (χ2v) is 7.24. The van der Waals surface area contributed by atoms with Gasteiger partial charge in [0, 0.05) is 42.2 Å². The summed E-state index contributed by atoms with van der Waals surface area (Å²) in [6, 6.07) is 5.33. The normalized spacial score (nSPS) is 14.9. The van der Waals surface area contributed by atoms with Crippen LogP contribution in [0.1, 0.15) is 0 Å². The van der Waals surface area contributed by atoms with Crippen LogP contribution in [0.4, 0.5) is 5.13 Å². The number of benzene rings is 1. The van der Waals surface area contributed by atoms with Gasteiger partial charge in [-0.25, -0.2) is 4.98 Å². The minimum absolute atomic E-state index is 0.00138. The third-order valence-electron chi connectivity index (χ3n) is 3.57. The van der Waals surface area contributed by atoms with Crippen LogP contribution < -0.4 is 9.64 Å². The Hall–Kier alpha value is -1.31. The molecule has 1 fully saturated rings. The van der Waals surface area contributed by atoms with Gasteiger partial charge in [0.25, 0.3) is 5.91 Å². The molecule has 2 aromatic rings. The van der Waals surface area contributed by atoms with Crippen LogP contribution in [0.2, 0.25) is 5.02 Å². The highest BCUT2D eigenvalue weighted by molar-refractivity contribution is 9.10. The van der Waals surface area contributed by atoms with E-state index in [1.165, 1.54) is 0 Å². The second kappa shape index (κ2) is 7.51. The number of anilines is 1. The average Bonchev–Trinajstić information content (AvgIpc) is 3.08. The summed E-state index contributed by atoms with van der Waals surface area (Å²) in [5.41, 5.74) is 0. The number of carbonyl (C=O) groups is 1. The summed E-state index contributed by atoms with van der Waals surface area (Å²) < 4.78 is 6.41. The van der Waals surface area contributed by atoms with Gasteiger partial charge in [-0.1, -0.05) is 27.5 Å². The molecule has 5 nitrogen and oxygen atoms in total. The number of thiazole rings is 1. The van der Waals surface area contributed by atoms with E-state index in [2.05, 4.69) is 25.8 Å². The number of hydrogen-bond acceptors (Lipinski definition) is 5. The molecule has 0 N–H and O–H groups in total. The molecule has 0 saturated carbocycles. The third kappa shape index (κ3) is 4.16. The standard InChI is InChI=1S/C15H15BrClN3O2S/c16-11-1-2-13(12(17)9-11)22-10-14(21)19-4-6-20(7-5-19)15-18-3-8-23-15/h1-3,8-9H,4-7,10H2. The number of nitrogens with zero attached hydrogens (tertiary/aromatic N) is 3. The topological polar surface area (TPSA) is 45.7 Å². The van der Waals surface area contributed by atoms with Gasteiger partial charge in [0.2, 0.25) is 0 Å². The molecule has 0 aliphatic carbocycles. The van der Waals surface area contributed by atoms with E-state index in [0.29, 0.717) is 23.9 Å². The van der Waals surface area contributed by atoms with Gasteiger partial charge in [-0.05, 0) is 18.2 Å². The summed E-state index contributed by atoms with van der Waals surface area (Å²) in [7, 11) is 0. The average molecular weight is 417 g/mol. The largest absolute Gasteiger partial charge is 0.482 e. The first-order chi connectivity index (χ1) is 11.1. The van der Waals surface area contributed by atoms with Gasteiger partial charge in [0.05, 0.1) is 5.02 Å². The highest BCUT2D eigenvalue weighted by Crippen LogP contribution is 2.27. The molecule has 1 aromatic heterocycles. The molecule has 3 rings (SSSR count). The Labute approximate surface area is 151 Å². The first-order valence-corrected chi connectivity index (χ1v) is 9.18. The number of halogens is 2. The van der Waals surface area contributed by atoms with Crippen LogP contribution in [0.25, 0.3) is 0 Å².